The fourth-order valence-electron chi connectivity index (χ4n) is 1.64. The maximum Gasteiger partial charge on any atom is 0.0468 e. The first-order valence-corrected chi connectivity index (χ1v) is 5.12. The van der Waals surface area contributed by atoms with Gasteiger partial charge in [0, 0.05) is 22.6 Å². The molecule has 1 saturated heterocycles. The summed E-state index contributed by atoms with van der Waals surface area (Å²) >= 11 is 11.9. The van der Waals surface area contributed by atoms with Crippen LogP contribution in [0.25, 0.3) is 0 Å². The minimum Gasteiger partial charge on any atom is -0.309 e. The second-order valence-electron chi connectivity index (χ2n) is 3.53. The van der Waals surface area contributed by atoms with Gasteiger partial charge in [-0.3, -0.25) is 0 Å². The van der Waals surface area contributed by atoms with Crippen molar-refractivity contribution in [3.63, 3.8) is 0 Å². The van der Waals surface area contributed by atoms with E-state index in [0.717, 1.165) is 17.1 Å². The maximum absolute atomic E-state index is 6.08. The summed E-state index contributed by atoms with van der Waals surface area (Å²) in [5.41, 5.74) is 1.16. The highest BCUT2D eigenvalue weighted by molar-refractivity contribution is 6.35. The molecular weight excluding hydrogens is 205 g/mol. The van der Waals surface area contributed by atoms with Gasteiger partial charge in [0.1, 0.15) is 0 Å². The number of hydrogen-bond acceptors (Lipinski definition) is 1. The molecule has 0 radical (unpaired) electrons. The summed E-state index contributed by atoms with van der Waals surface area (Å²) < 4.78 is 0. The van der Waals surface area contributed by atoms with Crippen LogP contribution in [0.3, 0.4) is 0 Å². The third-order valence-electron chi connectivity index (χ3n) is 2.53. The molecule has 2 atom stereocenters. The number of nitrogens with one attached hydrogen (secondary N) is 1. The molecule has 3 heteroatoms. The molecular formula is C10H11Cl2N. The topological polar surface area (TPSA) is 12.0 Å². The molecule has 2 unspecified atom stereocenters. The molecule has 70 valence electrons. The van der Waals surface area contributed by atoms with Crippen LogP contribution in [-0.2, 0) is 0 Å². The Kier molecular flexibility index (Phi) is 2.50. The molecule has 1 N–H and O–H groups in total. The predicted molar refractivity (Wildman–Crippen MR) is 56.4 cm³/mol. The lowest BCUT2D eigenvalue weighted by atomic mass is 9.88. The van der Waals surface area contributed by atoms with Crippen molar-refractivity contribution < 1.29 is 0 Å². The summed E-state index contributed by atoms with van der Waals surface area (Å²) in [7, 11) is 0. The lowest BCUT2D eigenvalue weighted by Crippen LogP contribution is -2.44. The Labute approximate surface area is 88.0 Å². The first-order chi connectivity index (χ1) is 6.18. The van der Waals surface area contributed by atoms with E-state index < -0.39 is 0 Å². The predicted octanol–water partition coefficient (Wildman–Crippen LogP) is 3.27. The van der Waals surface area contributed by atoms with Gasteiger partial charge in [0.15, 0.2) is 0 Å². The third-order valence-corrected chi connectivity index (χ3v) is 3.09. The summed E-state index contributed by atoms with van der Waals surface area (Å²) in [4.78, 5) is 0. The molecule has 0 amide bonds. The molecule has 2 rings (SSSR count). The largest absolute Gasteiger partial charge is 0.309 e. The van der Waals surface area contributed by atoms with Crippen LogP contribution in [0.1, 0.15) is 18.5 Å². The smallest absolute Gasteiger partial charge is 0.0468 e. The first-order valence-electron chi connectivity index (χ1n) is 4.37. The van der Waals surface area contributed by atoms with Gasteiger partial charge in [0.05, 0.1) is 0 Å². The highest BCUT2D eigenvalue weighted by Gasteiger charge is 2.28. The van der Waals surface area contributed by atoms with Crippen LogP contribution in [0.4, 0.5) is 0 Å². The summed E-state index contributed by atoms with van der Waals surface area (Å²) in [6.45, 7) is 3.29. The van der Waals surface area contributed by atoms with Crippen molar-refractivity contribution in [3.05, 3.63) is 33.8 Å². The van der Waals surface area contributed by atoms with Crippen molar-refractivity contribution in [3.8, 4) is 0 Å². The van der Waals surface area contributed by atoms with Gasteiger partial charge in [0.25, 0.3) is 0 Å². The van der Waals surface area contributed by atoms with Crippen LogP contribution in [0.15, 0.2) is 18.2 Å². The minimum atomic E-state index is 0.407. The SMILES string of the molecule is CC1CNC1c1ccc(Cl)cc1Cl. The van der Waals surface area contributed by atoms with Crippen molar-refractivity contribution in [2.45, 2.75) is 13.0 Å². The molecule has 0 bridgehead atoms. The molecule has 1 aromatic carbocycles. The highest BCUT2D eigenvalue weighted by Crippen LogP contribution is 2.34. The van der Waals surface area contributed by atoms with Crippen LogP contribution in [0, 0.1) is 5.92 Å². The van der Waals surface area contributed by atoms with E-state index in [2.05, 4.69) is 12.2 Å². The number of halogens is 2. The fourth-order valence-corrected chi connectivity index (χ4v) is 2.17. The van der Waals surface area contributed by atoms with Crippen molar-refractivity contribution in [2.24, 2.45) is 5.92 Å². The standard InChI is InChI=1S/C10H11Cl2N/c1-6-5-13-10(6)8-3-2-7(11)4-9(8)12/h2-4,6,10,13H,5H2,1H3. The van der Waals surface area contributed by atoms with Crippen molar-refractivity contribution >= 4 is 23.2 Å². The number of rotatable bonds is 1. The summed E-state index contributed by atoms with van der Waals surface area (Å²) in [6.07, 6.45) is 0. The summed E-state index contributed by atoms with van der Waals surface area (Å²) in [5.74, 6) is 0.665. The Morgan fingerprint density at radius 2 is 2.15 bits per heavy atom. The van der Waals surface area contributed by atoms with E-state index in [-0.39, 0.29) is 0 Å². The van der Waals surface area contributed by atoms with Crippen LogP contribution in [0.2, 0.25) is 10.0 Å². The lowest BCUT2D eigenvalue weighted by molar-refractivity contribution is 0.258. The zero-order valence-electron chi connectivity index (χ0n) is 7.35. The molecule has 1 aliphatic heterocycles. The molecule has 0 saturated carbocycles. The van der Waals surface area contributed by atoms with Crippen LogP contribution in [-0.4, -0.2) is 6.54 Å². The molecule has 0 aliphatic carbocycles. The number of hydrogen-bond donors (Lipinski definition) is 1. The van der Waals surface area contributed by atoms with Crippen molar-refractivity contribution in [1.82, 2.24) is 5.32 Å². The third kappa shape index (κ3) is 1.69. The van der Waals surface area contributed by atoms with E-state index in [0.29, 0.717) is 17.0 Å². The van der Waals surface area contributed by atoms with Crippen LogP contribution in [0.5, 0.6) is 0 Å². The van der Waals surface area contributed by atoms with Crippen LogP contribution < -0.4 is 5.32 Å². The zero-order valence-corrected chi connectivity index (χ0v) is 8.86. The van der Waals surface area contributed by atoms with E-state index in [9.17, 15) is 0 Å². The van der Waals surface area contributed by atoms with Crippen molar-refractivity contribution in [1.29, 1.82) is 0 Å². The Morgan fingerprint density at radius 3 is 2.62 bits per heavy atom. The lowest BCUT2D eigenvalue weighted by Gasteiger charge is -2.36. The monoisotopic (exact) mass is 215 g/mol. The Morgan fingerprint density at radius 1 is 1.38 bits per heavy atom. The van der Waals surface area contributed by atoms with E-state index in [1.165, 1.54) is 0 Å². The van der Waals surface area contributed by atoms with Gasteiger partial charge >= 0.3 is 0 Å². The Hall–Kier alpha value is -0.240. The maximum atomic E-state index is 6.08. The average molecular weight is 216 g/mol. The highest BCUT2D eigenvalue weighted by atomic mass is 35.5. The second kappa shape index (κ2) is 3.49. The van der Waals surface area contributed by atoms with Gasteiger partial charge < -0.3 is 5.32 Å². The second-order valence-corrected chi connectivity index (χ2v) is 4.37. The van der Waals surface area contributed by atoms with Gasteiger partial charge in [-0.25, -0.2) is 0 Å². The normalized spacial score (nSPS) is 27.0. The summed E-state index contributed by atoms with van der Waals surface area (Å²) in [5, 5.41) is 4.80. The first kappa shape index (κ1) is 9.32. The molecule has 1 heterocycles. The average Bonchev–Trinajstić information content (AvgIpc) is 2.07. The molecule has 0 aromatic heterocycles. The van der Waals surface area contributed by atoms with E-state index in [1.807, 2.05) is 12.1 Å². The van der Waals surface area contributed by atoms with Gasteiger partial charge in [0.2, 0.25) is 0 Å². The minimum absolute atomic E-state index is 0.407. The molecule has 1 aliphatic rings. The molecule has 0 spiro atoms. The van der Waals surface area contributed by atoms with E-state index >= 15 is 0 Å². The van der Waals surface area contributed by atoms with Gasteiger partial charge in [-0.1, -0.05) is 36.2 Å². The van der Waals surface area contributed by atoms with Gasteiger partial charge in [-0.2, -0.15) is 0 Å². The number of benzene rings is 1. The van der Waals surface area contributed by atoms with Gasteiger partial charge in [-0.15, -0.1) is 0 Å². The quantitative estimate of drug-likeness (QED) is 0.759. The van der Waals surface area contributed by atoms with Gasteiger partial charge in [-0.05, 0) is 23.6 Å². The van der Waals surface area contributed by atoms with E-state index in [1.54, 1.807) is 6.07 Å². The van der Waals surface area contributed by atoms with E-state index in [4.69, 9.17) is 23.2 Å². The molecule has 1 nitrogen and oxygen atoms in total. The van der Waals surface area contributed by atoms with Crippen LogP contribution >= 0.6 is 23.2 Å². The zero-order chi connectivity index (χ0) is 9.42. The molecule has 1 aromatic rings. The Balaban J connectivity index is 2.30. The Bertz CT molecular complexity index is 325. The molecule has 1 fully saturated rings. The summed E-state index contributed by atoms with van der Waals surface area (Å²) in [6, 6.07) is 6.09. The van der Waals surface area contributed by atoms with Crippen molar-refractivity contribution in [2.75, 3.05) is 6.54 Å². The molecule has 13 heavy (non-hydrogen) atoms. The fraction of sp³-hybridized carbons (Fsp3) is 0.400.